The zero-order valence-electron chi connectivity index (χ0n) is 15.6. The Balaban J connectivity index is 2.03. The largest absolute Gasteiger partial charge is 0.507 e. The fourth-order valence-corrected chi connectivity index (χ4v) is 3.23. The molecule has 0 aromatic heterocycles. The van der Waals surface area contributed by atoms with Crippen molar-refractivity contribution < 1.29 is 14.9 Å². The highest BCUT2D eigenvalue weighted by atomic mass is 16.5. The average molecular weight is 349 g/mol. The van der Waals surface area contributed by atoms with Gasteiger partial charge in [-0.1, -0.05) is 12.1 Å². The normalized spacial score (nSPS) is 20.7. The molecular formula is C19H31N3O3. The number of aryl methyl sites for hydroxylation is 2. The van der Waals surface area contributed by atoms with Gasteiger partial charge in [0.05, 0.1) is 13.2 Å². The molecule has 1 saturated heterocycles. The Morgan fingerprint density at radius 3 is 2.56 bits per heavy atom. The molecule has 4 N–H and O–H groups in total. The molecule has 2 rings (SSSR count). The third-order valence-corrected chi connectivity index (χ3v) is 4.77. The van der Waals surface area contributed by atoms with E-state index in [1.807, 2.05) is 32.9 Å². The fourth-order valence-electron chi connectivity index (χ4n) is 3.23. The van der Waals surface area contributed by atoms with Gasteiger partial charge in [0.25, 0.3) is 0 Å². The molecule has 1 aromatic carbocycles. The highest BCUT2D eigenvalue weighted by molar-refractivity contribution is 5.79. The van der Waals surface area contributed by atoms with E-state index in [2.05, 4.69) is 15.6 Å². The predicted octanol–water partition coefficient (Wildman–Crippen LogP) is 1.85. The van der Waals surface area contributed by atoms with Crippen LogP contribution in [0.5, 0.6) is 5.75 Å². The van der Waals surface area contributed by atoms with E-state index in [0.29, 0.717) is 18.9 Å². The van der Waals surface area contributed by atoms with Crippen molar-refractivity contribution in [2.45, 2.75) is 40.2 Å². The summed E-state index contributed by atoms with van der Waals surface area (Å²) in [4.78, 5) is 4.66. The molecule has 0 aliphatic carbocycles. The first-order valence-electron chi connectivity index (χ1n) is 8.99. The summed E-state index contributed by atoms with van der Waals surface area (Å²) in [6.07, 6.45) is 1.69. The Morgan fingerprint density at radius 1 is 1.28 bits per heavy atom. The number of hydrogen-bond donors (Lipinski definition) is 4. The number of aliphatic hydroxyl groups is 1. The zero-order chi connectivity index (χ0) is 18.3. The summed E-state index contributed by atoms with van der Waals surface area (Å²) >= 11 is 0. The molecule has 1 aromatic rings. The average Bonchev–Trinajstić information content (AvgIpc) is 3.04. The van der Waals surface area contributed by atoms with Crippen LogP contribution in [0.15, 0.2) is 17.1 Å². The van der Waals surface area contributed by atoms with Crippen LogP contribution in [0, 0.1) is 19.3 Å². The lowest BCUT2D eigenvalue weighted by atomic mass is 9.84. The first kappa shape index (κ1) is 19.5. The number of nitrogens with one attached hydrogen (secondary N) is 2. The van der Waals surface area contributed by atoms with Gasteiger partial charge in [0.1, 0.15) is 5.75 Å². The van der Waals surface area contributed by atoms with Gasteiger partial charge in [-0.15, -0.1) is 0 Å². The van der Waals surface area contributed by atoms with Crippen molar-refractivity contribution in [3.05, 3.63) is 28.8 Å². The van der Waals surface area contributed by atoms with Crippen molar-refractivity contribution in [1.82, 2.24) is 10.6 Å². The summed E-state index contributed by atoms with van der Waals surface area (Å²) in [5.41, 5.74) is 2.79. The van der Waals surface area contributed by atoms with Crippen LogP contribution in [-0.4, -0.2) is 49.1 Å². The van der Waals surface area contributed by atoms with Gasteiger partial charge in [0.15, 0.2) is 5.96 Å². The lowest BCUT2D eigenvalue weighted by Gasteiger charge is -2.27. The standard InChI is InChI=1S/C19H31N3O3/c1-4-20-18(22-12-19(5-7-23)6-8-25-13-19)21-11-16-9-14(2)17(24)15(3)10-16/h9-10,23-24H,4-8,11-13H2,1-3H3,(H2,20,21,22). The summed E-state index contributed by atoms with van der Waals surface area (Å²) in [5.74, 6) is 1.11. The lowest BCUT2D eigenvalue weighted by Crippen LogP contribution is -2.44. The molecule has 1 heterocycles. The third-order valence-electron chi connectivity index (χ3n) is 4.77. The van der Waals surface area contributed by atoms with Crippen LogP contribution < -0.4 is 10.6 Å². The Labute approximate surface area is 150 Å². The van der Waals surface area contributed by atoms with Crippen LogP contribution >= 0.6 is 0 Å². The minimum absolute atomic E-state index is 0.0172. The Kier molecular flexibility index (Phi) is 7.08. The molecule has 1 fully saturated rings. The topological polar surface area (TPSA) is 86.1 Å². The van der Waals surface area contributed by atoms with E-state index >= 15 is 0 Å². The minimum atomic E-state index is -0.0172. The van der Waals surface area contributed by atoms with Gasteiger partial charge in [0.2, 0.25) is 0 Å². The van der Waals surface area contributed by atoms with Gasteiger partial charge in [-0.3, -0.25) is 0 Å². The van der Waals surface area contributed by atoms with E-state index < -0.39 is 0 Å². The van der Waals surface area contributed by atoms with Gasteiger partial charge in [0, 0.05) is 31.7 Å². The van der Waals surface area contributed by atoms with Crippen molar-refractivity contribution in [2.24, 2.45) is 10.4 Å². The number of rotatable bonds is 7. The van der Waals surface area contributed by atoms with Gasteiger partial charge in [-0.2, -0.15) is 0 Å². The zero-order valence-corrected chi connectivity index (χ0v) is 15.6. The summed E-state index contributed by atoms with van der Waals surface area (Å²) in [6, 6.07) is 3.93. The number of phenolic OH excluding ortho intramolecular Hbond substituents is 1. The molecule has 0 radical (unpaired) electrons. The molecule has 6 nitrogen and oxygen atoms in total. The van der Waals surface area contributed by atoms with Crippen LogP contribution in [0.25, 0.3) is 0 Å². The van der Waals surface area contributed by atoms with Crippen LogP contribution in [0.3, 0.4) is 0 Å². The molecule has 140 valence electrons. The van der Waals surface area contributed by atoms with E-state index in [0.717, 1.165) is 55.2 Å². The van der Waals surface area contributed by atoms with E-state index in [4.69, 9.17) is 4.74 Å². The van der Waals surface area contributed by atoms with E-state index in [9.17, 15) is 10.2 Å². The number of guanidine groups is 1. The summed E-state index contributed by atoms with van der Waals surface area (Å²) in [5, 5.41) is 25.9. The molecule has 1 aliphatic heterocycles. The van der Waals surface area contributed by atoms with Gasteiger partial charge < -0.3 is 25.6 Å². The fraction of sp³-hybridized carbons (Fsp3) is 0.632. The molecule has 1 aliphatic rings. The first-order chi connectivity index (χ1) is 12.0. The van der Waals surface area contributed by atoms with E-state index in [1.165, 1.54) is 0 Å². The maximum absolute atomic E-state index is 9.88. The Bertz CT molecular complexity index is 573. The SMILES string of the molecule is CCNC(=NCc1cc(C)c(O)c(C)c1)NCC1(CCO)CCOC1. The second kappa shape index (κ2) is 9.06. The highest BCUT2D eigenvalue weighted by Gasteiger charge is 2.34. The van der Waals surface area contributed by atoms with Crippen molar-refractivity contribution >= 4 is 5.96 Å². The Hall–Kier alpha value is -1.79. The minimum Gasteiger partial charge on any atom is -0.507 e. The molecule has 0 amide bonds. The number of aliphatic imine (C=N–C) groups is 1. The molecule has 0 spiro atoms. The summed E-state index contributed by atoms with van der Waals surface area (Å²) in [6.45, 7) is 9.49. The molecule has 0 saturated carbocycles. The maximum atomic E-state index is 9.88. The van der Waals surface area contributed by atoms with Crippen molar-refractivity contribution in [3.63, 3.8) is 0 Å². The van der Waals surface area contributed by atoms with Crippen LogP contribution in [-0.2, 0) is 11.3 Å². The van der Waals surface area contributed by atoms with Gasteiger partial charge >= 0.3 is 0 Å². The quantitative estimate of drug-likeness (QED) is 0.446. The second-order valence-corrected chi connectivity index (χ2v) is 6.90. The van der Waals surface area contributed by atoms with Crippen LogP contribution in [0.1, 0.15) is 36.5 Å². The monoisotopic (exact) mass is 349 g/mol. The van der Waals surface area contributed by atoms with Crippen LogP contribution in [0.4, 0.5) is 0 Å². The number of hydrogen-bond acceptors (Lipinski definition) is 4. The number of aliphatic hydroxyl groups excluding tert-OH is 1. The molecule has 25 heavy (non-hydrogen) atoms. The second-order valence-electron chi connectivity index (χ2n) is 6.90. The molecule has 0 bridgehead atoms. The third kappa shape index (κ3) is 5.34. The van der Waals surface area contributed by atoms with Crippen molar-refractivity contribution in [2.75, 3.05) is 32.9 Å². The number of nitrogens with zero attached hydrogens (tertiary/aromatic N) is 1. The molecule has 1 unspecified atom stereocenters. The molecule has 1 atom stereocenters. The van der Waals surface area contributed by atoms with Crippen molar-refractivity contribution in [1.29, 1.82) is 0 Å². The van der Waals surface area contributed by atoms with Gasteiger partial charge in [-0.25, -0.2) is 4.99 Å². The number of benzene rings is 1. The summed E-state index contributed by atoms with van der Waals surface area (Å²) < 4.78 is 5.54. The van der Waals surface area contributed by atoms with Gasteiger partial charge in [-0.05, 0) is 50.3 Å². The number of ether oxygens (including phenoxy) is 1. The number of phenols is 1. The first-order valence-corrected chi connectivity index (χ1v) is 8.99. The Morgan fingerprint density at radius 2 is 2.00 bits per heavy atom. The lowest BCUT2D eigenvalue weighted by molar-refractivity contribution is 0.127. The van der Waals surface area contributed by atoms with Crippen LogP contribution in [0.2, 0.25) is 0 Å². The molecule has 6 heteroatoms. The summed E-state index contributed by atoms with van der Waals surface area (Å²) in [7, 11) is 0. The smallest absolute Gasteiger partial charge is 0.191 e. The van der Waals surface area contributed by atoms with E-state index in [1.54, 1.807) is 0 Å². The maximum Gasteiger partial charge on any atom is 0.191 e. The highest BCUT2D eigenvalue weighted by Crippen LogP contribution is 2.31. The predicted molar refractivity (Wildman–Crippen MR) is 100.0 cm³/mol. The van der Waals surface area contributed by atoms with Crippen molar-refractivity contribution in [3.8, 4) is 5.75 Å². The van der Waals surface area contributed by atoms with E-state index in [-0.39, 0.29) is 12.0 Å². The number of aromatic hydroxyl groups is 1. The molecular weight excluding hydrogens is 318 g/mol.